The molecule has 0 saturated heterocycles. The zero-order chi connectivity index (χ0) is 13.1. The Labute approximate surface area is 116 Å². The van der Waals surface area contributed by atoms with Crippen molar-refractivity contribution in [2.24, 2.45) is 5.73 Å². The second kappa shape index (κ2) is 5.34. The summed E-state index contributed by atoms with van der Waals surface area (Å²) in [6.07, 6.45) is 0. The Morgan fingerprint density at radius 1 is 1.39 bits per heavy atom. The van der Waals surface area contributed by atoms with Gasteiger partial charge < -0.3 is 5.73 Å². The summed E-state index contributed by atoms with van der Waals surface area (Å²) in [6, 6.07) is 10.2. The molecule has 1 heterocycles. The van der Waals surface area contributed by atoms with Crippen molar-refractivity contribution in [3.8, 4) is 6.07 Å². The van der Waals surface area contributed by atoms with Gasteiger partial charge in [-0.15, -0.1) is 11.3 Å². The summed E-state index contributed by atoms with van der Waals surface area (Å²) in [4.78, 5) is 0.801. The van der Waals surface area contributed by atoms with Gasteiger partial charge >= 0.3 is 0 Å². The molecule has 2 nitrogen and oxygen atoms in total. The maximum Gasteiger partial charge on any atom is 0.137 e. The molecule has 2 rings (SSSR count). The molecule has 90 valence electrons. The fraction of sp³-hybridized carbons (Fsp3) is 0. The highest BCUT2D eigenvalue weighted by atomic mass is 79.9. The molecule has 2 aromatic rings. The number of nitrogens with zero attached hydrogens (tertiary/aromatic N) is 1. The number of hydrogen-bond acceptors (Lipinski definition) is 3. The van der Waals surface area contributed by atoms with Crippen LogP contribution in [0.4, 0.5) is 4.39 Å². The monoisotopic (exact) mass is 322 g/mol. The van der Waals surface area contributed by atoms with Gasteiger partial charge in [0, 0.05) is 10.4 Å². The van der Waals surface area contributed by atoms with Gasteiger partial charge in [0.1, 0.15) is 11.9 Å². The van der Waals surface area contributed by atoms with Crippen LogP contribution in [0.5, 0.6) is 0 Å². The third-order valence-electron chi connectivity index (χ3n) is 2.38. The number of rotatable bonds is 2. The van der Waals surface area contributed by atoms with Crippen molar-refractivity contribution in [2.75, 3.05) is 0 Å². The van der Waals surface area contributed by atoms with Crippen LogP contribution in [0.25, 0.3) is 11.3 Å². The third-order valence-corrected chi connectivity index (χ3v) is 3.87. The largest absolute Gasteiger partial charge is 0.397 e. The van der Waals surface area contributed by atoms with Crippen LogP contribution in [-0.2, 0) is 0 Å². The minimum absolute atomic E-state index is 0.325. The normalized spacial score (nSPS) is 11.8. The average molecular weight is 323 g/mol. The Hall–Kier alpha value is -1.64. The summed E-state index contributed by atoms with van der Waals surface area (Å²) in [6.45, 7) is 0. The van der Waals surface area contributed by atoms with E-state index in [1.54, 1.807) is 12.1 Å². The number of benzene rings is 1. The molecule has 0 atom stereocenters. The standard InChI is InChI=1S/C13H8BrFN2S/c14-10-6-8(3-4-11(10)15)13(17)9(7-16)12-2-1-5-18-12/h1-6H,17H2/b13-9-. The average Bonchev–Trinajstić information content (AvgIpc) is 2.87. The molecule has 0 radical (unpaired) electrons. The van der Waals surface area contributed by atoms with Gasteiger partial charge in [-0.1, -0.05) is 6.07 Å². The van der Waals surface area contributed by atoms with Crippen LogP contribution in [-0.4, -0.2) is 0 Å². The second-order valence-electron chi connectivity index (χ2n) is 3.51. The van der Waals surface area contributed by atoms with E-state index in [1.165, 1.54) is 17.4 Å². The van der Waals surface area contributed by atoms with E-state index >= 15 is 0 Å². The lowest BCUT2D eigenvalue weighted by Gasteiger charge is -2.05. The molecule has 5 heteroatoms. The Kier molecular flexibility index (Phi) is 3.80. The summed E-state index contributed by atoms with van der Waals surface area (Å²) < 4.78 is 13.5. The number of nitriles is 1. The lowest BCUT2D eigenvalue weighted by Crippen LogP contribution is -2.00. The minimum atomic E-state index is -0.360. The molecule has 0 saturated carbocycles. The second-order valence-corrected chi connectivity index (χ2v) is 5.31. The van der Waals surface area contributed by atoms with Crippen molar-refractivity contribution in [3.05, 3.63) is 56.4 Å². The van der Waals surface area contributed by atoms with E-state index in [9.17, 15) is 9.65 Å². The highest BCUT2D eigenvalue weighted by molar-refractivity contribution is 9.10. The molecule has 0 spiro atoms. The Morgan fingerprint density at radius 2 is 2.17 bits per heavy atom. The molecule has 1 aromatic carbocycles. The molecule has 0 aliphatic heterocycles. The van der Waals surface area contributed by atoms with Crippen molar-refractivity contribution in [1.82, 2.24) is 0 Å². The van der Waals surface area contributed by atoms with Gasteiger partial charge in [-0.25, -0.2) is 4.39 Å². The molecule has 0 fully saturated rings. The van der Waals surface area contributed by atoms with Gasteiger partial charge in [0.2, 0.25) is 0 Å². The minimum Gasteiger partial charge on any atom is -0.397 e. The van der Waals surface area contributed by atoms with Crippen LogP contribution in [0.15, 0.2) is 40.2 Å². The molecule has 2 N–H and O–H groups in total. The van der Waals surface area contributed by atoms with Gasteiger partial charge in [-0.2, -0.15) is 5.26 Å². The lowest BCUT2D eigenvalue weighted by molar-refractivity contribution is 0.621. The maximum absolute atomic E-state index is 13.2. The molecular formula is C13H8BrFN2S. The van der Waals surface area contributed by atoms with Crippen LogP contribution in [0, 0.1) is 17.1 Å². The van der Waals surface area contributed by atoms with Gasteiger partial charge in [-0.05, 0) is 45.6 Å². The molecular weight excluding hydrogens is 315 g/mol. The predicted molar refractivity (Wildman–Crippen MR) is 75.0 cm³/mol. The molecule has 0 aliphatic carbocycles. The maximum atomic E-state index is 13.2. The van der Waals surface area contributed by atoms with E-state index in [1.807, 2.05) is 17.5 Å². The first-order chi connectivity index (χ1) is 8.63. The number of hydrogen-bond donors (Lipinski definition) is 1. The summed E-state index contributed by atoms with van der Waals surface area (Å²) in [5.74, 6) is -0.360. The van der Waals surface area contributed by atoms with Crippen LogP contribution in [0.2, 0.25) is 0 Å². The smallest absolute Gasteiger partial charge is 0.137 e. The first kappa shape index (κ1) is 12.8. The zero-order valence-electron chi connectivity index (χ0n) is 9.15. The van der Waals surface area contributed by atoms with Crippen molar-refractivity contribution in [2.45, 2.75) is 0 Å². The van der Waals surface area contributed by atoms with Gasteiger partial charge in [0.15, 0.2) is 0 Å². The number of halogens is 2. The Balaban J connectivity index is 2.54. The SMILES string of the molecule is N#C/C(=C(/N)c1ccc(F)c(Br)c1)c1cccs1. The Morgan fingerprint density at radius 3 is 2.72 bits per heavy atom. The number of nitrogens with two attached hydrogens (primary N) is 1. The number of allylic oxidation sites excluding steroid dienone is 1. The van der Waals surface area contributed by atoms with Crippen LogP contribution in [0.1, 0.15) is 10.4 Å². The predicted octanol–water partition coefficient (Wildman–Crippen LogP) is 4.00. The lowest BCUT2D eigenvalue weighted by atomic mass is 10.1. The van der Waals surface area contributed by atoms with E-state index in [-0.39, 0.29) is 5.82 Å². The fourth-order valence-corrected chi connectivity index (χ4v) is 2.59. The summed E-state index contributed by atoms with van der Waals surface area (Å²) in [5, 5.41) is 11.1. The van der Waals surface area contributed by atoms with Crippen LogP contribution in [0.3, 0.4) is 0 Å². The van der Waals surface area contributed by atoms with E-state index in [0.29, 0.717) is 21.3 Å². The first-order valence-corrected chi connectivity index (χ1v) is 6.70. The summed E-state index contributed by atoms with van der Waals surface area (Å²) >= 11 is 4.54. The quantitative estimate of drug-likeness (QED) is 0.849. The van der Waals surface area contributed by atoms with E-state index in [0.717, 1.165) is 4.88 Å². The molecule has 0 unspecified atom stereocenters. The zero-order valence-corrected chi connectivity index (χ0v) is 11.6. The highest BCUT2D eigenvalue weighted by Gasteiger charge is 2.10. The molecule has 0 amide bonds. The van der Waals surface area contributed by atoms with Crippen LogP contribution < -0.4 is 5.73 Å². The summed E-state index contributed by atoms with van der Waals surface area (Å²) in [5.41, 5.74) is 7.35. The van der Waals surface area contributed by atoms with Crippen LogP contribution >= 0.6 is 27.3 Å². The Bertz CT molecular complexity index is 642. The van der Waals surface area contributed by atoms with Crippen molar-refractivity contribution in [1.29, 1.82) is 5.26 Å². The van der Waals surface area contributed by atoms with Crippen molar-refractivity contribution in [3.63, 3.8) is 0 Å². The first-order valence-electron chi connectivity index (χ1n) is 5.02. The van der Waals surface area contributed by atoms with Gasteiger partial charge in [-0.3, -0.25) is 0 Å². The summed E-state index contributed by atoms with van der Waals surface area (Å²) in [7, 11) is 0. The van der Waals surface area contributed by atoms with E-state index < -0.39 is 0 Å². The third kappa shape index (κ3) is 2.45. The van der Waals surface area contributed by atoms with E-state index in [4.69, 9.17) is 5.73 Å². The number of thiophene rings is 1. The fourth-order valence-electron chi connectivity index (χ4n) is 1.48. The molecule has 18 heavy (non-hydrogen) atoms. The van der Waals surface area contributed by atoms with Gasteiger partial charge in [0.05, 0.1) is 15.7 Å². The molecule has 0 bridgehead atoms. The van der Waals surface area contributed by atoms with Gasteiger partial charge in [0.25, 0.3) is 0 Å². The van der Waals surface area contributed by atoms with Crippen molar-refractivity contribution >= 4 is 38.5 Å². The van der Waals surface area contributed by atoms with E-state index in [2.05, 4.69) is 22.0 Å². The highest BCUT2D eigenvalue weighted by Crippen LogP contribution is 2.27. The topological polar surface area (TPSA) is 49.8 Å². The molecule has 0 aliphatic rings. The molecule has 1 aromatic heterocycles. The van der Waals surface area contributed by atoms with Crippen molar-refractivity contribution < 1.29 is 4.39 Å².